The van der Waals surface area contributed by atoms with Crippen LogP contribution in [-0.2, 0) is 32.7 Å². The summed E-state index contributed by atoms with van der Waals surface area (Å²) in [6, 6.07) is 0. The summed E-state index contributed by atoms with van der Waals surface area (Å²) in [5.41, 5.74) is 0. The quantitative estimate of drug-likeness (QED) is 0.475. The Kier molecular flexibility index (Phi) is 63.9. The second kappa shape index (κ2) is 31.2. The Bertz CT molecular complexity index is 47.1. The van der Waals surface area contributed by atoms with Crippen LogP contribution in [0.3, 0.4) is 0 Å². The third-order valence-electron chi connectivity index (χ3n) is 0.111. The van der Waals surface area contributed by atoms with Crippen LogP contribution in [0.5, 0.6) is 0 Å². The van der Waals surface area contributed by atoms with Crippen molar-refractivity contribution in [1.82, 2.24) is 0 Å². The molecule has 0 aromatic heterocycles. The van der Waals surface area contributed by atoms with Crippen molar-refractivity contribution in [2.45, 2.75) is 34.6 Å². The summed E-state index contributed by atoms with van der Waals surface area (Å²) in [5.74, 6) is 0.833. The molecular weight excluding hydrogens is 209 g/mol. The molecule has 0 amide bonds. The molecule has 0 aliphatic carbocycles. The molecule has 0 aliphatic heterocycles. The first kappa shape index (κ1) is 22.6. The molecule has 0 unspecified atom stereocenters. The average molecular weight is 229 g/mol. The van der Waals surface area contributed by atoms with Gasteiger partial charge in [-0.05, 0) is 5.92 Å². The Morgan fingerprint density at radius 1 is 0.909 bits per heavy atom. The zero-order valence-electron chi connectivity index (χ0n) is 8.46. The topological polar surface area (TPSA) is 0 Å². The molecule has 0 aromatic carbocycles. The predicted octanol–water partition coefficient (Wildman–Crippen LogP) is 3.65. The zero-order valence-corrected chi connectivity index (χ0v) is 11.3. The molecule has 0 bridgehead atoms. The van der Waals surface area contributed by atoms with E-state index in [2.05, 4.69) is 20.8 Å². The molecule has 0 spiro atoms. The van der Waals surface area contributed by atoms with Gasteiger partial charge in [0.15, 0.2) is 0 Å². The maximum atomic E-state index is 4.72. The van der Waals surface area contributed by atoms with Gasteiger partial charge in [-0.1, -0.05) is 34.6 Å². The van der Waals surface area contributed by atoms with Gasteiger partial charge < -0.3 is 25.3 Å². The Hall–Kier alpha value is 0.584. The largest absolute Gasteiger partial charge is 0.394 e. The molecule has 0 N–H and O–H groups in total. The molecule has 65 valence electrons. The van der Waals surface area contributed by atoms with E-state index in [-0.39, 0.29) is 32.7 Å². The fourth-order valence-corrected chi connectivity index (χ4v) is 0. The zero-order chi connectivity index (χ0) is 8.99. The van der Waals surface area contributed by atoms with Crippen LogP contribution in [0.15, 0.2) is 12.2 Å². The van der Waals surface area contributed by atoms with Crippen LogP contribution in [0.1, 0.15) is 34.6 Å². The normalized spacial score (nSPS) is 5.64. The molecule has 0 rings (SSSR count). The van der Waals surface area contributed by atoms with Crippen molar-refractivity contribution in [2.24, 2.45) is 5.92 Å². The molecule has 0 fully saturated rings. The van der Waals surface area contributed by atoms with Crippen LogP contribution >= 0.6 is 0 Å². The van der Waals surface area contributed by atoms with Crippen molar-refractivity contribution in [3.05, 3.63) is 25.3 Å². The van der Waals surface area contributed by atoms with Gasteiger partial charge in [-0.3, -0.25) is 0 Å². The maximum absolute atomic E-state index is 4.72. The van der Waals surface area contributed by atoms with E-state index in [9.17, 15) is 0 Å². The van der Waals surface area contributed by atoms with Crippen molar-refractivity contribution in [1.29, 1.82) is 0 Å². The van der Waals surface area contributed by atoms with Crippen LogP contribution in [-0.4, -0.2) is 0 Å². The van der Waals surface area contributed by atoms with E-state index in [1.54, 1.807) is 0 Å². The average Bonchev–Trinajstić information content (AvgIpc) is 1.91. The van der Waals surface area contributed by atoms with Gasteiger partial charge in [-0.2, -0.15) is 0 Å². The van der Waals surface area contributed by atoms with Crippen LogP contribution in [0.25, 0.3) is 0 Å². The van der Waals surface area contributed by atoms with Gasteiger partial charge in [-0.15, -0.1) is 0 Å². The first-order chi connectivity index (χ1) is 4.65. The van der Waals surface area contributed by atoms with Crippen LogP contribution in [0.4, 0.5) is 0 Å². The number of hydrogen-bond acceptors (Lipinski definition) is 0. The van der Waals surface area contributed by atoms with E-state index in [1.807, 2.05) is 13.8 Å². The summed E-state index contributed by atoms with van der Waals surface area (Å²) in [7, 11) is 0. The van der Waals surface area contributed by atoms with Gasteiger partial charge >= 0.3 is 0 Å². The minimum absolute atomic E-state index is 0. The number of rotatable bonds is 1. The molecule has 0 saturated heterocycles. The number of allylic oxidation sites excluding steroid dienone is 2. The molecule has 1 radical (unpaired) electrons. The SMILES string of the molecule is CC.CC(C)C.[CH-]=CC=[CH-].[Y]. The molecular formula is C10H20Y-2. The molecule has 0 aromatic rings. The summed E-state index contributed by atoms with van der Waals surface area (Å²) >= 11 is 0. The van der Waals surface area contributed by atoms with E-state index < -0.39 is 0 Å². The summed E-state index contributed by atoms with van der Waals surface area (Å²) in [5, 5.41) is 0. The minimum Gasteiger partial charge on any atom is -0.394 e. The van der Waals surface area contributed by atoms with Crippen LogP contribution in [0.2, 0.25) is 0 Å². The molecule has 0 aliphatic rings. The van der Waals surface area contributed by atoms with Gasteiger partial charge in [-0.25, -0.2) is 0 Å². The van der Waals surface area contributed by atoms with E-state index in [4.69, 9.17) is 13.2 Å². The van der Waals surface area contributed by atoms with Crippen molar-refractivity contribution < 1.29 is 32.7 Å². The Labute approximate surface area is 98.0 Å². The van der Waals surface area contributed by atoms with Gasteiger partial charge in [0, 0.05) is 32.7 Å². The van der Waals surface area contributed by atoms with Crippen molar-refractivity contribution in [2.75, 3.05) is 0 Å². The third-order valence-corrected chi connectivity index (χ3v) is 0.111. The fourth-order valence-electron chi connectivity index (χ4n) is 0. The second-order valence-electron chi connectivity index (χ2n) is 2.12. The predicted molar refractivity (Wildman–Crippen MR) is 49.6 cm³/mol. The second-order valence-corrected chi connectivity index (χ2v) is 2.12. The van der Waals surface area contributed by atoms with Gasteiger partial charge in [0.1, 0.15) is 0 Å². The Morgan fingerprint density at radius 3 is 1.00 bits per heavy atom. The summed E-state index contributed by atoms with van der Waals surface area (Å²) < 4.78 is 0. The molecule has 0 nitrogen and oxygen atoms in total. The third kappa shape index (κ3) is 311. The first-order valence-corrected chi connectivity index (χ1v) is 3.73. The van der Waals surface area contributed by atoms with Crippen molar-refractivity contribution in [3.8, 4) is 0 Å². The number of hydrogen-bond donors (Lipinski definition) is 0. The van der Waals surface area contributed by atoms with E-state index in [0.29, 0.717) is 0 Å². The minimum atomic E-state index is 0. The van der Waals surface area contributed by atoms with Crippen LogP contribution in [0, 0.1) is 19.1 Å². The standard InChI is InChI=1S/C4H10.C4H4.C2H6.Y/c1-4(2)3;1-3-4-2;1-2;/h4H,1-3H3;1-4H;1-2H3;/q;-2;;. The van der Waals surface area contributed by atoms with Gasteiger partial charge in [0.2, 0.25) is 0 Å². The summed E-state index contributed by atoms with van der Waals surface area (Å²) in [4.78, 5) is 0. The monoisotopic (exact) mass is 229 g/mol. The molecule has 11 heavy (non-hydrogen) atoms. The fraction of sp³-hybridized carbons (Fsp3) is 0.600. The van der Waals surface area contributed by atoms with Crippen LogP contribution < -0.4 is 0 Å². The van der Waals surface area contributed by atoms with Gasteiger partial charge in [0.05, 0.1) is 0 Å². The molecule has 1 heteroatoms. The molecule has 0 heterocycles. The summed E-state index contributed by atoms with van der Waals surface area (Å²) in [6.45, 7) is 19.9. The Morgan fingerprint density at radius 2 is 1.00 bits per heavy atom. The van der Waals surface area contributed by atoms with Gasteiger partial charge in [0.25, 0.3) is 0 Å². The maximum Gasteiger partial charge on any atom is 0 e. The Balaban J connectivity index is -0.0000000339. The first-order valence-electron chi connectivity index (χ1n) is 3.73. The van der Waals surface area contributed by atoms with E-state index >= 15 is 0 Å². The molecule has 0 atom stereocenters. The van der Waals surface area contributed by atoms with E-state index in [1.165, 1.54) is 12.2 Å². The summed E-state index contributed by atoms with van der Waals surface area (Å²) in [6.07, 6.45) is 2.56. The van der Waals surface area contributed by atoms with Crippen molar-refractivity contribution in [3.63, 3.8) is 0 Å². The van der Waals surface area contributed by atoms with E-state index in [0.717, 1.165) is 5.92 Å². The smallest absolute Gasteiger partial charge is 0 e. The van der Waals surface area contributed by atoms with Crippen molar-refractivity contribution >= 4 is 0 Å². The molecule has 0 saturated carbocycles.